The van der Waals surface area contributed by atoms with Crippen molar-refractivity contribution in [2.45, 2.75) is 20.0 Å². The summed E-state index contributed by atoms with van der Waals surface area (Å²) in [5.74, 6) is -0.211. The molecule has 0 radical (unpaired) electrons. The van der Waals surface area contributed by atoms with Crippen LogP contribution < -0.4 is 0 Å². The van der Waals surface area contributed by atoms with Gasteiger partial charge in [-0.3, -0.25) is 0 Å². The maximum atomic E-state index is 11.9. The summed E-state index contributed by atoms with van der Waals surface area (Å²) in [5, 5.41) is 0. The van der Waals surface area contributed by atoms with Crippen LogP contribution in [0.5, 0.6) is 0 Å². The highest BCUT2D eigenvalue weighted by Gasteiger charge is 2.43. The first-order chi connectivity index (χ1) is 4.43. The van der Waals surface area contributed by atoms with Crippen LogP contribution in [0.15, 0.2) is 11.6 Å². The van der Waals surface area contributed by atoms with Gasteiger partial charge in [-0.25, -0.2) is 0 Å². The number of halogens is 3. The molecule has 0 aromatic carbocycles. The predicted molar refractivity (Wildman–Crippen MR) is 32.5 cm³/mol. The molecule has 0 fully saturated rings. The van der Waals surface area contributed by atoms with E-state index in [4.69, 9.17) is 0 Å². The van der Waals surface area contributed by atoms with Crippen molar-refractivity contribution in [3.63, 3.8) is 0 Å². The van der Waals surface area contributed by atoms with Crippen molar-refractivity contribution in [3.8, 4) is 0 Å². The molecular formula is C7H9F3. The molecule has 1 rings (SSSR count). The smallest absolute Gasteiger partial charge is 0.166 e. The van der Waals surface area contributed by atoms with Crippen molar-refractivity contribution in [3.05, 3.63) is 11.6 Å². The molecule has 1 unspecified atom stereocenters. The zero-order valence-corrected chi connectivity index (χ0v) is 5.87. The van der Waals surface area contributed by atoms with E-state index in [9.17, 15) is 13.2 Å². The van der Waals surface area contributed by atoms with Gasteiger partial charge in [0.15, 0.2) is 0 Å². The summed E-state index contributed by atoms with van der Waals surface area (Å²) in [6, 6.07) is 0. The van der Waals surface area contributed by atoms with Gasteiger partial charge in [0.25, 0.3) is 0 Å². The van der Waals surface area contributed by atoms with Gasteiger partial charge in [-0.15, -0.1) is 0 Å². The van der Waals surface area contributed by atoms with E-state index >= 15 is 0 Å². The van der Waals surface area contributed by atoms with Crippen LogP contribution in [-0.2, 0) is 0 Å². The lowest BCUT2D eigenvalue weighted by Crippen LogP contribution is -2.30. The van der Waals surface area contributed by atoms with Crippen molar-refractivity contribution in [2.24, 2.45) is 11.8 Å². The quantitative estimate of drug-likeness (QED) is 0.466. The van der Waals surface area contributed by atoms with Crippen molar-refractivity contribution >= 4 is 0 Å². The van der Waals surface area contributed by atoms with Crippen LogP contribution in [0.4, 0.5) is 13.2 Å². The Kier molecular flexibility index (Phi) is 1.53. The van der Waals surface area contributed by atoms with Crippen molar-refractivity contribution in [2.75, 3.05) is 0 Å². The van der Waals surface area contributed by atoms with E-state index in [1.54, 1.807) is 13.8 Å². The van der Waals surface area contributed by atoms with Crippen LogP contribution in [-0.4, -0.2) is 6.18 Å². The topological polar surface area (TPSA) is 0 Å². The summed E-state index contributed by atoms with van der Waals surface area (Å²) in [4.78, 5) is 0. The molecule has 1 aliphatic carbocycles. The molecule has 58 valence electrons. The van der Waals surface area contributed by atoms with E-state index in [-0.39, 0.29) is 17.4 Å². The van der Waals surface area contributed by atoms with Gasteiger partial charge < -0.3 is 0 Å². The molecule has 3 heteroatoms. The van der Waals surface area contributed by atoms with Crippen molar-refractivity contribution in [1.29, 1.82) is 0 Å². The van der Waals surface area contributed by atoms with E-state index < -0.39 is 6.18 Å². The second kappa shape index (κ2) is 2.01. The lowest BCUT2D eigenvalue weighted by molar-refractivity contribution is -0.105. The Bertz CT molecular complexity index is 166. The Hall–Kier alpha value is -0.470. The first-order valence-corrected chi connectivity index (χ1v) is 3.22. The van der Waals surface area contributed by atoms with Gasteiger partial charge in [0.05, 0.1) is 0 Å². The van der Waals surface area contributed by atoms with E-state index in [1.807, 2.05) is 0 Å². The molecule has 0 saturated carbocycles. The molecule has 0 heterocycles. The van der Waals surface area contributed by atoms with E-state index in [0.29, 0.717) is 0 Å². The van der Waals surface area contributed by atoms with Crippen LogP contribution in [0, 0.1) is 11.8 Å². The van der Waals surface area contributed by atoms with Crippen LogP contribution in [0.25, 0.3) is 0 Å². The monoisotopic (exact) mass is 150 g/mol. The van der Waals surface area contributed by atoms with E-state index in [2.05, 4.69) is 0 Å². The predicted octanol–water partition coefficient (Wildman–Crippen LogP) is 2.76. The molecule has 0 aromatic heterocycles. The van der Waals surface area contributed by atoms with E-state index in [0.717, 1.165) is 0 Å². The largest absolute Gasteiger partial charge is 0.412 e. The third-order valence-electron chi connectivity index (χ3n) is 2.05. The molecule has 0 aliphatic heterocycles. The second-order valence-electron chi connectivity index (χ2n) is 2.77. The summed E-state index contributed by atoms with van der Waals surface area (Å²) in [5.41, 5.74) is -0.361. The average molecular weight is 150 g/mol. The van der Waals surface area contributed by atoms with Crippen molar-refractivity contribution in [1.82, 2.24) is 0 Å². The molecule has 1 aliphatic rings. The molecule has 10 heavy (non-hydrogen) atoms. The Balaban J connectivity index is 2.71. The third kappa shape index (κ3) is 1.04. The Morgan fingerprint density at radius 1 is 1.30 bits per heavy atom. The molecule has 0 spiro atoms. The van der Waals surface area contributed by atoms with Gasteiger partial charge in [0, 0.05) is 5.57 Å². The Morgan fingerprint density at radius 3 is 1.90 bits per heavy atom. The number of alkyl halides is 3. The minimum atomic E-state index is -4.09. The first kappa shape index (κ1) is 7.63. The maximum absolute atomic E-state index is 11.9. The number of rotatable bonds is 0. The molecule has 0 aromatic rings. The SMILES string of the molecule is CC1C(C(F)(F)F)=C[C@@H]1C. The van der Waals surface area contributed by atoms with Crippen molar-refractivity contribution < 1.29 is 13.2 Å². The molecular weight excluding hydrogens is 141 g/mol. The summed E-state index contributed by atoms with van der Waals surface area (Å²) >= 11 is 0. The molecule has 0 N–H and O–H groups in total. The highest BCUT2D eigenvalue weighted by atomic mass is 19.4. The normalized spacial score (nSPS) is 33.1. The van der Waals surface area contributed by atoms with Crippen LogP contribution >= 0.6 is 0 Å². The van der Waals surface area contributed by atoms with Gasteiger partial charge >= 0.3 is 6.18 Å². The summed E-state index contributed by atoms with van der Waals surface area (Å²) < 4.78 is 35.6. The maximum Gasteiger partial charge on any atom is 0.412 e. The lowest BCUT2D eigenvalue weighted by Gasteiger charge is -2.31. The fourth-order valence-corrected chi connectivity index (χ4v) is 1.10. The standard InChI is InChI=1S/C7H9F3/c1-4-3-6(5(4)2)7(8,9)10/h3-5H,1-2H3/t4-,5?/m0/s1. The second-order valence-corrected chi connectivity index (χ2v) is 2.77. The first-order valence-electron chi connectivity index (χ1n) is 3.22. The van der Waals surface area contributed by atoms with Gasteiger partial charge in [0.2, 0.25) is 0 Å². The highest BCUT2D eigenvalue weighted by Crippen LogP contribution is 2.42. The molecule has 0 amide bonds. The van der Waals surface area contributed by atoms with Crippen LogP contribution in [0.3, 0.4) is 0 Å². The summed E-state index contributed by atoms with van der Waals surface area (Å²) in [7, 11) is 0. The van der Waals surface area contributed by atoms with Crippen LogP contribution in [0.2, 0.25) is 0 Å². The Morgan fingerprint density at radius 2 is 1.80 bits per heavy atom. The molecule has 0 bridgehead atoms. The Labute approximate surface area is 57.7 Å². The molecule has 0 saturated heterocycles. The number of allylic oxidation sites excluding steroid dienone is 2. The average Bonchev–Trinajstić information content (AvgIpc) is 1.79. The zero-order valence-electron chi connectivity index (χ0n) is 5.87. The van der Waals surface area contributed by atoms with E-state index in [1.165, 1.54) is 6.08 Å². The fraction of sp³-hybridized carbons (Fsp3) is 0.714. The molecule has 2 atom stereocenters. The zero-order chi connectivity index (χ0) is 7.94. The summed E-state index contributed by atoms with van der Waals surface area (Å²) in [6.07, 6.45) is -2.81. The van der Waals surface area contributed by atoms with Gasteiger partial charge in [-0.1, -0.05) is 19.9 Å². The van der Waals surface area contributed by atoms with Gasteiger partial charge in [-0.05, 0) is 11.8 Å². The lowest BCUT2D eigenvalue weighted by atomic mass is 9.77. The van der Waals surface area contributed by atoms with Gasteiger partial charge in [0.1, 0.15) is 0 Å². The number of hydrogen-bond acceptors (Lipinski definition) is 0. The minimum absolute atomic E-state index is 0.0941. The van der Waals surface area contributed by atoms with Gasteiger partial charge in [-0.2, -0.15) is 13.2 Å². The van der Waals surface area contributed by atoms with Crippen LogP contribution in [0.1, 0.15) is 13.8 Å². The minimum Gasteiger partial charge on any atom is -0.166 e. The third-order valence-corrected chi connectivity index (χ3v) is 2.05. The fourth-order valence-electron chi connectivity index (χ4n) is 1.10. The molecule has 0 nitrogen and oxygen atoms in total. The number of hydrogen-bond donors (Lipinski definition) is 0. The summed E-state index contributed by atoms with van der Waals surface area (Å²) in [6.45, 7) is 3.40. The highest BCUT2D eigenvalue weighted by molar-refractivity contribution is 5.24.